The van der Waals surface area contributed by atoms with Gasteiger partial charge >= 0.3 is 0 Å². The summed E-state index contributed by atoms with van der Waals surface area (Å²) in [4.78, 5) is 2.46. The maximum atomic E-state index is 6.48. The Hall–Kier alpha value is -6.90. The summed E-state index contributed by atoms with van der Waals surface area (Å²) in [6.45, 7) is 0. The van der Waals surface area contributed by atoms with E-state index in [2.05, 4.69) is 175 Å². The summed E-state index contributed by atoms with van der Waals surface area (Å²) < 4.78 is 6.48. The van der Waals surface area contributed by atoms with Gasteiger partial charge in [0.2, 0.25) is 0 Å². The SMILES string of the molecule is c1ccc2c(N(c3cc4ccc5cccc6c7cccc8ccc9cccc(c(c3)c4c56)c9c87)c3cccc4oc5ccccc5c34)cccc2c1. The van der Waals surface area contributed by atoms with Crippen LogP contribution in [0, 0.1) is 0 Å². The topological polar surface area (TPSA) is 16.4 Å². The zero-order chi connectivity index (χ0) is 33.9. The van der Waals surface area contributed by atoms with Crippen LogP contribution in [-0.2, 0) is 0 Å². The van der Waals surface area contributed by atoms with Crippen molar-refractivity contribution in [3.63, 3.8) is 0 Å². The van der Waals surface area contributed by atoms with Crippen molar-refractivity contribution >= 4 is 114 Å². The highest BCUT2D eigenvalue weighted by atomic mass is 16.3. The van der Waals surface area contributed by atoms with Crippen molar-refractivity contribution < 1.29 is 4.42 Å². The van der Waals surface area contributed by atoms with Crippen LogP contribution in [0.2, 0.25) is 0 Å². The molecule has 0 amide bonds. The van der Waals surface area contributed by atoms with Gasteiger partial charge in [-0.1, -0.05) is 140 Å². The summed E-state index contributed by atoms with van der Waals surface area (Å²) in [5.74, 6) is 0. The van der Waals surface area contributed by atoms with Crippen LogP contribution in [0.1, 0.15) is 0 Å². The van der Waals surface area contributed by atoms with Gasteiger partial charge in [0.25, 0.3) is 0 Å². The quantitative estimate of drug-likeness (QED) is 0.176. The number of hydrogen-bond acceptors (Lipinski definition) is 2. The fraction of sp³-hybridized carbons (Fsp3) is 0. The fourth-order valence-corrected chi connectivity index (χ4v) is 9.15. The zero-order valence-corrected chi connectivity index (χ0v) is 28.1. The molecule has 0 unspecified atom stereocenters. The Kier molecular flexibility index (Phi) is 5.53. The van der Waals surface area contributed by atoms with E-state index in [0.717, 1.165) is 39.0 Å². The molecular formula is C50H29NO. The molecule has 0 bridgehead atoms. The Morgan fingerprint density at radius 1 is 0.288 bits per heavy atom. The Morgan fingerprint density at radius 2 is 0.769 bits per heavy atom. The third-order valence-electron chi connectivity index (χ3n) is 11.3. The second kappa shape index (κ2) is 10.3. The molecule has 0 saturated heterocycles. The highest BCUT2D eigenvalue weighted by Gasteiger charge is 2.23. The van der Waals surface area contributed by atoms with Crippen molar-refractivity contribution in [2.75, 3.05) is 4.90 Å². The molecule has 52 heavy (non-hydrogen) atoms. The number of furan rings is 1. The van der Waals surface area contributed by atoms with Crippen LogP contribution < -0.4 is 4.90 Å². The molecule has 11 aromatic carbocycles. The smallest absolute Gasteiger partial charge is 0.137 e. The number of anilines is 3. The molecule has 0 N–H and O–H groups in total. The Labute approximate surface area is 298 Å². The van der Waals surface area contributed by atoms with Crippen LogP contribution in [0.5, 0.6) is 0 Å². The van der Waals surface area contributed by atoms with Gasteiger partial charge in [-0.3, -0.25) is 0 Å². The lowest BCUT2D eigenvalue weighted by Gasteiger charge is -2.28. The standard InChI is InChI=1S/C50H29NO/c1-2-15-36-30(10-1)11-8-20-42(36)51(43-21-9-23-45-50(43)40-16-3-4-22-44(40)52-45)35-28-34-27-26-33-13-6-18-38-37-17-5-12-31-24-25-32-14-7-19-39(48(32)46(31)37)41(29-35)49(34)47(33)38/h1-29H. The molecule has 2 heteroatoms. The molecular weight excluding hydrogens is 631 g/mol. The Bertz CT molecular complexity index is 3410. The third kappa shape index (κ3) is 3.73. The second-order valence-corrected chi connectivity index (χ2v) is 14.0. The first-order valence-corrected chi connectivity index (χ1v) is 17.9. The molecule has 0 fully saturated rings. The second-order valence-electron chi connectivity index (χ2n) is 14.0. The summed E-state index contributed by atoms with van der Waals surface area (Å²) in [6.07, 6.45) is 0. The summed E-state index contributed by atoms with van der Waals surface area (Å²) in [7, 11) is 0. The van der Waals surface area contributed by atoms with E-state index in [9.17, 15) is 0 Å². The van der Waals surface area contributed by atoms with E-state index in [-0.39, 0.29) is 0 Å². The van der Waals surface area contributed by atoms with E-state index in [1.165, 1.54) is 75.4 Å². The van der Waals surface area contributed by atoms with Gasteiger partial charge in [0, 0.05) is 16.5 Å². The first kappa shape index (κ1) is 27.9. The number of benzene rings is 10. The highest BCUT2D eigenvalue weighted by Crippen LogP contribution is 2.49. The monoisotopic (exact) mass is 659 g/mol. The van der Waals surface area contributed by atoms with Gasteiger partial charge in [-0.05, 0) is 106 Å². The molecule has 12 aromatic rings. The van der Waals surface area contributed by atoms with E-state index in [0.29, 0.717) is 0 Å². The minimum absolute atomic E-state index is 0.878. The number of fused-ring (bicyclic) bond motifs is 6. The van der Waals surface area contributed by atoms with Crippen molar-refractivity contribution in [1.82, 2.24) is 0 Å². The van der Waals surface area contributed by atoms with Crippen molar-refractivity contribution in [2.45, 2.75) is 0 Å². The minimum atomic E-state index is 0.878. The van der Waals surface area contributed by atoms with Gasteiger partial charge in [-0.15, -0.1) is 0 Å². The first-order chi connectivity index (χ1) is 25.8. The molecule has 1 aromatic heterocycles. The summed E-state index contributed by atoms with van der Waals surface area (Å²) in [6, 6.07) is 64.6. The summed E-state index contributed by atoms with van der Waals surface area (Å²) in [5.41, 5.74) is 5.08. The highest BCUT2D eigenvalue weighted by molar-refractivity contribution is 6.37. The molecule has 12 rings (SSSR count). The molecule has 0 radical (unpaired) electrons. The van der Waals surface area contributed by atoms with Crippen molar-refractivity contribution in [3.05, 3.63) is 176 Å². The average molecular weight is 660 g/mol. The Morgan fingerprint density at radius 3 is 1.50 bits per heavy atom. The summed E-state index contributed by atoms with van der Waals surface area (Å²) in [5, 5.41) is 19.9. The number of nitrogens with zero attached hydrogens (tertiary/aromatic N) is 1. The van der Waals surface area contributed by atoms with Gasteiger partial charge in [0.1, 0.15) is 11.2 Å². The Balaban J connectivity index is 1.31. The van der Waals surface area contributed by atoms with Crippen LogP contribution in [0.15, 0.2) is 180 Å². The predicted molar refractivity (Wildman–Crippen MR) is 222 cm³/mol. The molecule has 240 valence electrons. The lowest BCUT2D eigenvalue weighted by molar-refractivity contribution is 0.669. The number of hydrogen-bond donors (Lipinski definition) is 0. The largest absolute Gasteiger partial charge is 0.456 e. The molecule has 0 spiro atoms. The van der Waals surface area contributed by atoms with Crippen molar-refractivity contribution in [3.8, 4) is 0 Å². The molecule has 0 aliphatic rings. The fourth-order valence-electron chi connectivity index (χ4n) is 9.15. The normalized spacial score (nSPS) is 12.2. The van der Waals surface area contributed by atoms with E-state index < -0.39 is 0 Å². The van der Waals surface area contributed by atoms with Gasteiger partial charge in [-0.2, -0.15) is 0 Å². The zero-order valence-electron chi connectivity index (χ0n) is 28.1. The third-order valence-corrected chi connectivity index (χ3v) is 11.3. The average Bonchev–Trinajstić information content (AvgIpc) is 3.59. The van der Waals surface area contributed by atoms with Crippen LogP contribution in [0.25, 0.3) is 97.3 Å². The lowest BCUT2D eigenvalue weighted by atomic mass is 9.87. The van der Waals surface area contributed by atoms with E-state index in [1.807, 2.05) is 6.07 Å². The molecule has 0 atom stereocenters. The molecule has 2 nitrogen and oxygen atoms in total. The van der Waals surface area contributed by atoms with Crippen molar-refractivity contribution in [1.29, 1.82) is 0 Å². The van der Waals surface area contributed by atoms with E-state index >= 15 is 0 Å². The van der Waals surface area contributed by atoms with Crippen LogP contribution >= 0.6 is 0 Å². The maximum absolute atomic E-state index is 6.48. The maximum Gasteiger partial charge on any atom is 0.137 e. The minimum Gasteiger partial charge on any atom is -0.456 e. The van der Waals surface area contributed by atoms with Crippen LogP contribution in [0.4, 0.5) is 17.1 Å². The number of rotatable bonds is 3. The molecule has 0 aliphatic heterocycles. The van der Waals surface area contributed by atoms with Crippen LogP contribution in [-0.4, -0.2) is 0 Å². The van der Waals surface area contributed by atoms with Crippen LogP contribution in [0.3, 0.4) is 0 Å². The first-order valence-electron chi connectivity index (χ1n) is 17.9. The lowest BCUT2D eigenvalue weighted by Crippen LogP contribution is -2.11. The molecule has 0 saturated carbocycles. The van der Waals surface area contributed by atoms with Gasteiger partial charge in [-0.25, -0.2) is 0 Å². The van der Waals surface area contributed by atoms with Crippen molar-refractivity contribution in [2.24, 2.45) is 0 Å². The number of para-hydroxylation sites is 1. The van der Waals surface area contributed by atoms with E-state index in [4.69, 9.17) is 4.42 Å². The summed E-state index contributed by atoms with van der Waals surface area (Å²) >= 11 is 0. The van der Waals surface area contributed by atoms with E-state index in [1.54, 1.807) is 0 Å². The predicted octanol–water partition coefficient (Wildman–Crippen LogP) is 14.6. The van der Waals surface area contributed by atoms with Gasteiger partial charge in [0.05, 0.1) is 16.8 Å². The molecule has 0 aliphatic carbocycles. The van der Waals surface area contributed by atoms with Gasteiger partial charge < -0.3 is 9.32 Å². The molecule has 1 heterocycles. The van der Waals surface area contributed by atoms with Gasteiger partial charge in [0.15, 0.2) is 0 Å².